The molecule has 1 heterocycles. The molecule has 1 aliphatic heterocycles. The second kappa shape index (κ2) is 11.4. The van der Waals surface area contributed by atoms with Gasteiger partial charge in [-0.3, -0.25) is 14.5 Å². The number of aliphatic carboxylic acids is 1. The maximum atomic E-state index is 13.4. The Labute approximate surface area is 198 Å². The molecule has 1 amide bonds. The number of Topliss-reactive ketones (excluding diaryl/α,β-unsaturated/α-hetero) is 1. The molecule has 1 saturated heterocycles. The van der Waals surface area contributed by atoms with E-state index in [4.69, 9.17) is 9.47 Å². The molecule has 1 N–H and O–H groups in total. The number of likely N-dealkylation sites (tertiary alicyclic amines) is 1. The highest BCUT2D eigenvalue weighted by molar-refractivity contribution is 6.00. The molecule has 1 fully saturated rings. The molecule has 3 rings (SSSR count). The van der Waals surface area contributed by atoms with Crippen LogP contribution in [0.4, 0.5) is 4.79 Å². The van der Waals surface area contributed by atoms with Gasteiger partial charge in [-0.05, 0) is 24.5 Å². The van der Waals surface area contributed by atoms with E-state index in [1.165, 1.54) is 0 Å². The third-order valence-corrected chi connectivity index (χ3v) is 6.01. The van der Waals surface area contributed by atoms with E-state index in [0.29, 0.717) is 5.56 Å². The molecular formula is C26H29NO7. The summed E-state index contributed by atoms with van der Waals surface area (Å²) in [5.74, 6) is -4.07. The number of aryl methyl sites for hydroxylation is 1. The van der Waals surface area contributed by atoms with Gasteiger partial charge >= 0.3 is 18.0 Å². The average Bonchev–Trinajstić information content (AvgIpc) is 3.21. The maximum absolute atomic E-state index is 13.4. The van der Waals surface area contributed by atoms with Gasteiger partial charge in [0.2, 0.25) is 0 Å². The number of nitrogens with zero attached hydrogens (tertiary/aromatic N) is 1. The first kappa shape index (κ1) is 25.0. The van der Waals surface area contributed by atoms with Gasteiger partial charge in [-0.15, -0.1) is 0 Å². The molecule has 0 spiro atoms. The minimum absolute atomic E-state index is 0.0214. The van der Waals surface area contributed by atoms with Crippen LogP contribution in [0.2, 0.25) is 0 Å². The van der Waals surface area contributed by atoms with Gasteiger partial charge in [0.15, 0.2) is 5.78 Å². The Hall–Kier alpha value is -3.68. The molecule has 1 aliphatic rings. The van der Waals surface area contributed by atoms with E-state index in [0.717, 1.165) is 22.4 Å². The number of rotatable bonds is 9. The Morgan fingerprint density at radius 3 is 2.21 bits per heavy atom. The van der Waals surface area contributed by atoms with Crippen LogP contribution in [-0.4, -0.2) is 53.0 Å². The van der Waals surface area contributed by atoms with Crippen LogP contribution in [0.1, 0.15) is 41.8 Å². The van der Waals surface area contributed by atoms with Gasteiger partial charge in [0, 0.05) is 23.9 Å². The van der Waals surface area contributed by atoms with Crippen molar-refractivity contribution < 1.29 is 33.8 Å². The molecule has 0 aromatic heterocycles. The van der Waals surface area contributed by atoms with Gasteiger partial charge in [-0.25, -0.2) is 9.59 Å². The smallest absolute Gasteiger partial charge is 0.410 e. The van der Waals surface area contributed by atoms with E-state index < -0.39 is 42.3 Å². The summed E-state index contributed by atoms with van der Waals surface area (Å²) in [6.07, 6.45) is -0.449. The molecule has 0 saturated carbocycles. The third kappa shape index (κ3) is 5.81. The first-order valence-corrected chi connectivity index (χ1v) is 11.3. The Kier molecular flexibility index (Phi) is 8.40. The van der Waals surface area contributed by atoms with E-state index in [9.17, 15) is 24.3 Å². The second-order valence-electron chi connectivity index (χ2n) is 8.17. The number of carbonyl (C=O) groups excluding carboxylic acids is 3. The fraction of sp³-hybridized carbons (Fsp3) is 0.385. The van der Waals surface area contributed by atoms with Gasteiger partial charge in [0.1, 0.15) is 12.6 Å². The minimum atomic E-state index is -1.23. The number of carbonyl (C=O) groups is 4. The van der Waals surface area contributed by atoms with Crippen molar-refractivity contribution in [2.75, 3.05) is 13.2 Å². The van der Waals surface area contributed by atoms with E-state index in [2.05, 4.69) is 0 Å². The van der Waals surface area contributed by atoms with Crippen LogP contribution in [-0.2, 0) is 32.1 Å². The summed E-state index contributed by atoms with van der Waals surface area (Å²) in [7, 11) is 0. The molecule has 34 heavy (non-hydrogen) atoms. The number of ether oxygens (including phenoxy) is 2. The molecule has 8 heteroatoms. The normalized spacial score (nSPS) is 19.5. The lowest BCUT2D eigenvalue weighted by Gasteiger charge is -2.25. The van der Waals surface area contributed by atoms with Gasteiger partial charge < -0.3 is 14.6 Å². The van der Waals surface area contributed by atoms with Gasteiger partial charge in [0.05, 0.1) is 13.0 Å². The number of hydrogen-bond acceptors (Lipinski definition) is 6. The standard InChI is InChI=1S/C26H29NO7/c1-3-17-10-12-19(13-11-17)24(30)21-15-27(26(32)34-16-18-8-6-5-7-9-18)23(25(31)33-4-2)20(21)14-22(28)29/h5-13,20-21,23H,3-4,14-16H2,1-2H3,(H,28,29)/t20-,21-,23-/m0/s1. The van der Waals surface area contributed by atoms with Gasteiger partial charge in [-0.1, -0.05) is 61.5 Å². The first-order valence-electron chi connectivity index (χ1n) is 11.3. The number of amides is 1. The van der Waals surface area contributed by atoms with E-state index >= 15 is 0 Å². The predicted octanol–water partition coefficient (Wildman–Crippen LogP) is 3.72. The van der Waals surface area contributed by atoms with Crippen molar-refractivity contribution in [2.24, 2.45) is 11.8 Å². The fourth-order valence-electron chi connectivity index (χ4n) is 4.28. The summed E-state index contributed by atoms with van der Waals surface area (Å²) < 4.78 is 10.6. The first-order chi connectivity index (χ1) is 16.3. The Bertz CT molecular complexity index is 1020. The number of ketones is 1. The SMILES string of the molecule is CCOC(=O)[C@@H]1[C@@H](CC(=O)O)[C@@H](C(=O)c2ccc(CC)cc2)CN1C(=O)OCc1ccccc1. The third-order valence-electron chi connectivity index (χ3n) is 6.01. The lowest BCUT2D eigenvalue weighted by molar-refractivity contribution is -0.150. The summed E-state index contributed by atoms with van der Waals surface area (Å²) in [4.78, 5) is 52.0. The molecular weight excluding hydrogens is 438 g/mol. The molecule has 8 nitrogen and oxygen atoms in total. The highest BCUT2D eigenvalue weighted by Gasteiger charge is 2.52. The van der Waals surface area contributed by atoms with Crippen LogP contribution in [0.5, 0.6) is 0 Å². The van der Waals surface area contributed by atoms with E-state index in [-0.39, 0.29) is 25.5 Å². The zero-order valence-electron chi connectivity index (χ0n) is 19.3. The van der Waals surface area contributed by atoms with Crippen molar-refractivity contribution in [1.82, 2.24) is 4.90 Å². The second-order valence-corrected chi connectivity index (χ2v) is 8.17. The molecule has 0 aliphatic carbocycles. The Morgan fingerprint density at radius 2 is 1.62 bits per heavy atom. The average molecular weight is 468 g/mol. The van der Waals surface area contributed by atoms with Crippen molar-refractivity contribution in [3.63, 3.8) is 0 Å². The number of benzene rings is 2. The summed E-state index contributed by atoms with van der Waals surface area (Å²) in [6.45, 7) is 3.52. The van der Waals surface area contributed by atoms with Crippen LogP contribution in [0, 0.1) is 11.8 Å². The van der Waals surface area contributed by atoms with Crippen molar-refractivity contribution in [3.05, 3.63) is 71.3 Å². The molecule has 0 bridgehead atoms. The predicted molar refractivity (Wildman–Crippen MR) is 123 cm³/mol. The van der Waals surface area contributed by atoms with Gasteiger partial charge in [0.25, 0.3) is 0 Å². The fourth-order valence-corrected chi connectivity index (χ4v) is 4.28. The summed E-state index contributed by atoms with van der Waals surface area (Å²) in [6, 6.07) is 14.9. The lowest BCUT2D eigenvalue weighted by Crippen LogP contribution is -2.45. The highest BCUT2D eigenvalue weighted by atomic mass is 16.6. The van der Waals surface area contributed by atoms with Crippen LogP contribution in [0.15, 0.2) is 54.6 Å². The van der Waals surface area contributed by atoms with Crippen molar-refractivity contribution in [1.29, 1.82) is 0 Å². The number of carboxylic acid groups (broad SMARTS) is 1. The molecule has 3 atom stereocenters. The van der Waals surface area contributed by atoms with Crippen LogP contribution in [0.25, 0.3) is 0 Å². The molecule has 0 unspecified atom stereocenters. The summed E-state index contributed by atoms with van der Waals surface area (Å²) in [5.41, 5.74) is 2.22. The maximum Gasteiger partial charge on any atom is 0.410 e. The zero-order chi connectivity index (χ0) is 24.7. The molecule has 2 aromatic carbocycles. The Morgan fingerprint density at radius 1 is 0.941 bits per heavy atom. The number of hydrogen-bond donors (Lipinski definition) is 1. The topological polar surface area (TPSA) is 110 Å². The Balaban J connectivity index is 1.89. The zero-order valence-corrected chi connectivity index (χ0v) is 19.3. The largest absolute Gasteiger partial charge is 0.481 e. The number of carboxylic acids is 1. The highest BCUT2D eigenvalue weighted by Crippen LogP contribution is 2.36. The van der Waals surface area contributed by atoms with E-state index in [1.54, 1.807) is 31.2 Å². The molecule has 2 aromatic rings. The lowest BCUT2D eigenvalue weighted by atomic mass is 9.82. The quantitative estimate of drug-likeness (QED) is 0.442. The van der Waals surface area contributed by atoms with Crippen molar-refractivity contribution >= 4 is 23.8 Å². The van der Waals surface area contributed by atoms with Crippen LogP contribution >= 0.6 is 0 Å². The van der Waals surface area contributed by atoms with E-state index in [1.807, 2.05) is 37.3 Å². The monoisotopic (exact) mass is 467 g/mol. The van der Waals surface area contributed by atoms with Crippen LogP contribution in [0.3, 0.4) is 0 Å². The number of esters is 1. The van der Waals surface area contributed by atoms with Gasteiger partial charge in [-0.2, -0.15) is 0 Å². The van der Waals surface area contributed by atoms with Crippen molar-refractivity contribution in [2.45, 2.75) is 39.3 Å². The summed E-state index contributed by atoms with van der Waals surface area (Å²) in [5, 5.41) is 9.52. The summed E-state index contributed by atoms with van der Waals surface area (Å²) >= 11 is 0. The molecule has 0 radical (unpaired) electrons. The minimum Gasteiger partial charge on any atom is -0.481 e. The molecule has 180 valence electrons. The van der Waals surface area contributed by atoms with Crippen LogP contribution < -0.4 is 0 Å². The van der Waals surface area contributed by atoms with Crippen molar-refractivity contribution in [3.8, 4) is 0 Å².